The highest BCUT2D eigenvalue weighted by molar-refractivity contribution is 5.94. The van der Waals surface area contributed by atoms with E-state index in [1.54, 1.807) is 0 Å². The minimum absolute atomic E-state index is 0. The van der Waals surface area contributed by atoms with Crippen molar-refractivity contribution in [2.24, 2.45) is 0 Å². The highest BCUT2D eigenvalue weighted by Gasteiger charge is 2.19. The highest BCUT2D eigenvalue weighted by Crippen LogP contribution is 2.22. The third-order valence-corrected chi connectivity index (χ3v) is 4.00. The maximum Gasteiger partial charge on any atom is 0.253 e. The molecule has 0 saturated carbocycles. The Balaban J connectivity index is 0.00000133. The van der Waals surface area contributed by atoms with Crippen molar-refractivity contribution in [3.05, 3.63) is 34.9 Å². The summed E-state index contributed by atoms with van der Waals surface area (Å²) in [6, 6.07) is 6.29. The Morgan fingerprint density at radius 2 is 1.74 bits per heavy atom. The number of hydrogen-bond donors (Lipinski definition) is 1. The van der Waals surface area contributed by atoms with Crippen LogP contribution in [0.4, 0.5) is 0 Å². The van der Waals surface area contributed by atoms with Crippen LogP contribution in [0.3, 0.4) is 0 Å². The minimum atomic E-state index is 0. The quantitative estimate of drug-likeness (QED) is 0.854. The molecule has 1 N–H and O–H groups in total. The lowest BCUT2D eigenvalue weighted by Gasteiger charge is -2.28. The summed E-state index contributed by atoms with van der Waals surface area (Å²) >= 11 is 0. The van der Waals surface area contributed by atoms with E-state index in [2.05, 4.69) is 17.4 Å². The molecule has 1 heterocycles. The molecular weight excluding hydrogens is 260 g/mol. The third-order valence-electron chi connectivity index (χ3n) is 4.00. The molecule has 1 aliphatic heterocycles. The van der Waals surface area contributed by atoms with Crippen molar-refractivity contribution in [1.29, 1.82) is 0 Å². The summed E-state index contributed by atoms with van der Waals surface area (Å²) in [6.45, 7) is 3.49. The zero-order valence-electron chi connectivity index (χ0n) is 11.2. The number of hydrogen-bond acceptors (Lipinski definition) is 2. The Morgan fingerprint density at radius 1 is 1.05 bits per heavy atom. The molecule has 1 aliphatic carbocycles. The topological polar surface area (TPSA) is 32.3 Å². The van der Waals surface area contributed by atoms with Crippen molar-refractivity contribution in [1.82, 2.24) is 10.2 Å². The van der Waals surface area contributed by atoms with Gasteiger partial charge in [0.05, 0.1) is 0 Å². The van der Waals surface area contributed by atoms with Gasteiger partial charge in [0.15, 0.2) is 0 Å². The first-order valence-electron chi connectivity index (χ1n) is 6.96. The number of piperazine rings is 1. The summed E-state index contributed by atoms with van der Waals surface area (Å²) in [6.07, 6.45) is 4.87. The maximum absolute atomic E-state index is 12.4. The van der Waals surface area contributed by atoms with Crippen LogP contribution in [0, 0.1) is 0 Å². The lowest BCUT2D eigenvalue weighted by Crippen LogP contribution is -2.46. The zero-order chi connectivity index (χ0) is 12.4. The van der Waals surface area contributed by atoms with E-state index in [1.165, 1.54) is 30.4 Å². The van der Waals surface area contributed by atoms with E-state index < -0.39 is 0 Å². The van der Waals surface area contributed by atoms with Gasteiger partial charge in [-0.1, -0.05) is 6.07 Å². The molecule has 3 rings (SSSR count). The van der Waals surface area contributed by atoms with Crippen molar-refractivity contribution in [2.45, 2.75) is 25.7 Å². The van der Waals surface area contributed by atoms with Crippen molar-refractivity contribution >= 4 is 18.3 Å². The largest absolute Gasteiger partial charge is 0.336 e. The van der Waals surface area contributed by atoms with Crippen LogP contribution in [-0.4, -0.2) is 37.0 Å². The predicted octanol–water partition coefficient (Wildman–Crippen LogP) is 2.03. The van der Waals surface area contributed by atoms with Crippen LogP contribution in [0.2, 0.25) is 0 Å². The van der Waals surface area contributed by atoms with Gasteiger partial charge in [0.25, 0.3) is 5.91 Å². The molecular formula is C15H21ClN2O. The predicted molar refractivity (Wildman–Crippen MR) is 79.1 cm³/mol. The van der Waals surface area contributed by atoms with Gasteiger partial charge in [-0.05, 0) is 48.9 Å². The molecule has 19 heavy (non-hydrogen) atoms. The molecule has 4 heteroatoms. The Labute approximate surface area is 120 Å². The van der Waals surface area contributed by atoms with Crippen LogP contribution in [0.15, 0.2) is 18.2 Å². The second-order valence-corrected chi connectivity index (χ2v) is 5.23. The van der Waals surface area contributed by atoms with E-state index in [1.807, 2.05) is 11.0 Å². The van der Waals surface area contributed by atoms with Crippen LogP contribution >= 0.6 is 12.4 Å². The average Bonchev–Trinajstić information content (AvgIpc) is 2.47. The van der Waals surface area contributed by atoms with E-state index in [4.69, 9.17) is 0 Å². The van der Waals surface area contributed by atoms with Crippen molar-refractivity contribution in [3.8, 4) is 0 Å². The van der Waals surface area contributed by atoms with Crippen molar-refractivity contribution in [2.75, 3.05) is 26.2 Å². The number of benzene rings is 1. The standard InChI is InChI=1S/C15H20N2O.ClH/c18-15(17-9-7-16-8-10-17)14-6-5-12-3-1-2-4-13(12)11-14;/h5-6,11,16H,1-4,7-10H2;1H. The number of amides is 1. The number of nitrogens with zero attached hydrogens (tertiary/aromatic N) is 1. The summed E-state index contributed by atoms with van der Waals surface area (Å²) in [5.41, 5.74) is 3.71. The van der Waals surface area contributed by atoms with Crippen LogP contribution in [-0.2, 0) is 12.8 Å². The van der Waals surface area contributed by atoms with Crippen LogP contribution in [0.25, 0.3) is 0 Å². The molecule has 1 fully saturated rings. The highest BCUT2D eigenvalue weighted by atomic mass is 35.5. The van der Waals surface area contributed by atoms with Gasteiger partial charge < -0.3 is 10.2 Å². The molecule has 0 spiro atoms. The molecule has 1 aromatic carbocycles. The smallest absolute Gasteiger partial charge is 0.253 e. The van der Waals surface area contributed by atoms with Crippen molar-refractivity contribution < 1.29 is 4.79 Å². The summed E-state index contributed by atoms with van der Waals surface area (Å²) in [7, 11) is 0. The normalized spacial score (nSPS) is 18.4. The average molecular weight is 281 g/mol. The number of nitrogens with one attached hydrogen (secondary N) is 1. The summed E-state index contributed by atoms with van der Waals surface area (Å²) in [5, 5.41) is 3.28. The van der Waals surface area contributed by atoms with Crippen LogP contribution in [0.5, 0.6) is 0 Å². The van der Waals surface area contributed by atoms with Gasteiger partial charge in [-0.15, -0.1) is 12.4 Å². The van der Waals surface area contributed by atoms with Gasteiger partial charge in [0.2, 0.25) is 0 Å². The molecule has 2 aliphatic rings. The fourth-order valence-corrected chi connectivity index (χ4v) is 2.92. The summed E-state index contributed by atoms with van der Waals surface area (Å²) in [5.74, 6) is 0.199. The van der Waals surface area contributed by atoms with Gasteiger partial charge in [0.1, 0.15) is 0 Å². The summed E-state index contributed by atoms with van der Waals surface area (Å²) < 4.78 is 0. The maximum atomic E-state index is 12.4. The van der Waals surface area contributed by atoms with E-state index in [0.29, 0.717) is 0 Å². The van der Waals surface area contributed by atoms with Crippen molar-refractivity contribution in [3.63, 3.8) is 0 Å². The monoisotopic (exact) mass is 280 g/mol. The number of carbonyl (C=O) groups excluding carboxylic acids is 1. The lowest BCUT2D eigenvalue weighted by atomic mass is 9.90. The number of rotatable bonds is 1. The number of fused-ring (bicyclic) bond motifs is 1. The van der Waals surface area contributed by atoms with Gasteiger partial charge in [-0.2, -0.15) is 0 Å². The number of halogens is 1. The molecule has 0 unspecified atom stereocenters. The number of aryl methyl sites for hydroxylation is 2. The zero-order valence-corrected chi connectivity index (χ0v) is 12.0. The van der Waals surface area contributed by atoms with Crippen LogP contribution in [0.1, 0.15) is 34.3 Å². The molecule has 1 saturated heterocycles. The second-order valence-electron chi connectivity index (χ2n) is 5.23. The fourth-order valence-electron chi connectivity index (χ4n) is 2.92. The Hall–Kier alpha value is -1.06. The Bertz CT molecular complexity index is 455. The van der Waals surface area contributed by atoms with Gasteiger partial charge >= 0.3 is 0 Å². The molecule has 104 valence electrons. The number of carbonyl (C=O) groups is 1. The lowest BCUT2D eigenvalue weighted by molar-refractivity contribution is 0.0735. The third kappa shape index (κ3) is 3.10. The van der Waals surface area contributed by atoms with E-state index in [9.17, 15) is 4.79 Å². The summed E-state index contributed by atoms with van der Waals surface area (Å²) in [4.78, 5) is 14.3. The Kier molecular flexibility index (Phi) is 4.83. The fraction of sp³-hybridized carbons (Fsp3) is 0.533. The first-order valence-corrected chi connectivity index (χ1v) is 6.96. The molecule has 1 aromatic rings. The SMILES string of the molecule is Cl.O=C(c1ccc2c(c1)CCCC2)N1CCNCC1. The van der Waals surface area contributed by atoms with Gasteiger partial charge in [-0.3, -0.25) is 4.79 Å². The molecule has 0 atom stereocenters. The molecule has 3 nitrogen and oxygen atoms in total. The molecule has 0 radical (unpaired) electrons. The first kappa shape index (κ1) is 14.4. The van der Waals surface area contributed by atoms with E-state index in [0.717, 1.165) is 38.2 Å². The first-order chi connectivity index (χ1) is 8.84. The molecule has 1 amide bonds. The molecule has 0 aromatic heterocycles. The van der Waals surface area contributed by atoms with Gasteiger partial charge in [-0.25, -0.2) is 0 Å². The second kappa shape index (κ2) is 6.40. The Morgan fingerprint density at radius 3 is 2.47 bits per heavy atom. The molecule has 0 bridgehead atoms. The van der Waals surface area contributed by atoms with Crippen LogP contribution < -0.4 is 5.32 Å². The van der Waals surface area contributed by atoms with E-state index in [-0.39, 0.29) is 18.3 Å². The van der Waals surface area contributed by atoms with E-state index >= 15 is 0 Å². The minimum Gasteiger partial charge on any atom is -0.336 e. The van der Waals surface area contributed by atoms with Gasteiger partial charge in [0, 0.05) is 31.7 Å².